The Morgan fingerprint density at radius 3 is 2.89 bits per heavy atom. The third kappa shape index (κ3) is 5.76. The fraction of sp³-hybridized carbons (Fsp3) is 0.462. The van der Waals surface area contributed by atoms with E-state index in [9.17, 15) is 9.90 Å². The van der Waals surface area contributed by atoms with E-state index in [2.05, 4.69) is 43.8 Å². The highest BCUT2D eigenvalue weighted by Crippen LogP contribution is 2.18. The van der Waals surface area contributed by atoms with Crippen LogP contribution in [0.15, 0.2) is 22.7 Å². The molecule has 0 heterocycles. The zero-order valence-electron chi connectivity index (χ0n) is 10.9. The number of ether oxygens (including phenoxy) is 1. The third-order valence-electron chi connectivity index (χ3n) is 2.65. The minimum atomic E-state index is -0.969. The number of amides is 1. The lowest BCUT2D eigenvalue weighted by atomic mass is 10.0. The molecule has 0 spiro atoms. The quantitative estimate of drug-likeness (QED) is 0.667. The van der Waals surface area contributed by atoms with Gasteiger partial charge in [-0.3, -0.25) is 4.79 Å². The number of aliphatic hydroxyl groups is 1. The summed E-state index contributed by atoms with van der Waals surface area (Å²) in [6.07, 6.45) is 0.472. The van der Waals surface area contributed by atoms with Crippen molar-refractivity contribution in [3.8, 4) is 0 Å². The van der Waals surface area contributed by atoms with Gasteiger partial charge < -0.3 is 15.2 Å². The number of benzene rings is 1. The van der Waals surface area contributed by atoms with Gasteiger partial charge in [0, 0.05) is 34.7 Å². The Hall–Kier alpha value is -0.180. The molecule has 1 amide bonds. The molecule has 0 radical (unpaired) electrons. The monoisotopic (exact) mass is 441 g/mol. The largest absolute Gasteiger partial charge is 0.388 e. The Kier molecular flexibility index (Phi) is 6.72. The predicted octanol–water partition coefficient (Wildman–Crippen LogP) is 2.57. The maximum atomic E-state index is 12.1. The van der Waals surface area contributed by atoms with Crippen molar-refractivity contribution in [1.82, 2.24) is 5.32 Å². The average Bonchev–Trinajstić information content (AvgIpc) is 2.36. The zero-order valence-corrected chi connectivity index (χ0v) is 14.6. The second kappa shape index (κ2) is 7.56. The van der Waals surface area contributed by atoms with Gasteiger partial charge in [-0.1, -0.05) is 15.9 Å². The molecule has 0 fully saturated rings. The van der Waals surface area contributed by atoms with Gasteiger partial charge in [0.25, 0.3) is 5.91 Å². The van der Waals surface area contributed by atoms with Crippen molar-refractivity contribution in [2.24, 2.45) is 0 Å². The van der Waals surface area contributed by atoms with Crippen LogP contribution in [0.5, 0.6) is 0 Å². The van der Waals surface area contributed by atoms with Gasteiger partial charge in [-0.25, -0.2) is 0 Å². The van der Waals surface area contributed by atoms with Crippen molar-refractivity contribution in [3.05, 3.63) is 31.8 Å². The van der Waals surface area contributed by atoms with Crippen LogP contribution in [0.1, 0.15) is 23.7 Å². The molecule has 0 bridgehead atoms. The summed E-state index contributed by atoms with van der Waals surface area (Å²) in [6, 6.07) is 5.51. The van der Waals surface area contributed by atoms with Gasteiger partial charge in [0.05, 0.1) is 11.2 Å². The van der Waals surface area contributed by atoms with Crippen LogP contribution in [0.2, 0.25) is 0 Å². The lowest BCUT2D eigenvalue weighted by Gasteiger charge is -2.23. The van der Waals surface area contributed by atoms with Crippen LogP contribution in [0.3, 0.4) is 0 Å². The van der Waals surface area contributed by atoms with Gasteiger partial charge >= 0.3 is 0 Å². The topological polar surface area (TPSA) is 58.6 Å². The normalized spacial score (nSPS) is 13.9. The summed E-state index contributed by atoms with van der Waals surface area (Å²) in [5.41, 5.74) is -0.374. The van der Waals surface area contributed by atoms with Gasteiger partial charge in [-0.15, -0.1) is 0 Å². The summed E-state index contributed by atoms with van der Waals surface area (Å²) in [5.74, 6) is -0.191. The van der Waals surface area contributed by atoms with Crippen LogP contribution in [0, 0.1) is 3.57 Å². The van der Waals surface area contributed by atoms with Gasteiger partial charge in [-0.2, -0.15) is 0 Å². The molecule has 0 aliphatic rings. The van der Waals surface area contributed by atoms with Crippen molar-refractivity contribution in [2.45, 2.75) is 18.9 Å². The third-order valence-corrected chi connectivity index (χ3v) is 4.08. The first-order valence-corrected chi connectivity index (χ1v) is 7.67. The molecule has 19 heavy (non-hydrogen) atoms. The van der Waals surface area contributed by atoms with E-state index in [1.807, 2.05) is 12.1 Å². The highest BCUT2D eigenvalue weighted by molar-refractivity contribution is 14.1. The smallest absolute Gasteiger partial charge is 0.252 e. The Balaban J connectivity index is 2.62. The van der Waals surface area contributed by atoms with Crippen molar-refractivity contribution in [3.63, 3.8) is 0 Å². The SMILES string of the molecule is COCCC(C)(O)CNC(=O)c1cc(Br)ccc1I. The number of halogens is 2. The van der Waals surface area contributed by atoms with E-state index in [0.717, 1.165) is 8.04 Å². The fourth-order valence-corrected chi connectivity index (χ4v) is 2.39. The minimum absolute atomic E-state index is 0.191. The number of nitrogens with one attached hydrogen (secondary N) is 1. The van der Waals surface area contributed by atoms with Crippen LogP contribution >= 0.6 is 38.5 Å². The van der Waals surface area contributed by atoms with Crippen molar-refractivity contribution in [2.75, 3.05) is 20.3 Å². The number of methoxy groups -OCH3 is 1. The zero-order chi connectivity index (χ0) is 14.5. The standard InChI is InChI=1S/C13H17BrINO3/c1-13(18,5-6-19-2)8-16-12(17)10-7-9(14)3-4-11(10)15/h3-4,7,18H,5-6,8H2,1-2H3,(H,16,17). The van der Waals surface area contributed by atoms with Gasteiger partial charge in [0.2, 0.25) is 0 Å². The number of carbonyl (C=O) groups excluding carboxylic acids is 1. The molecule has 1 aromatic carbocycles. The van der Waals surface area contributed by atoms with Crippen LogP contribution < -0.4 is 5.32 Å². The summed E-state index contributed by atoms with van der Waals surface area (Å²) in [6.45, 7) is 2.33. The Bertz CT molecular complexity index is 452. The molecule has 0 aliphatic carbocycles. The predicted molar refractivity (Wildman–Crippen MR) is 86.3 cm³/mol. The van der Waals surface area contributed by atoms with Crippen LogP contribution in [0.25, 0.3) is 0 Å². The van der Waals surface area contributed by atoms with E-state index in [0.29, 0.717) is 18.6 Å². The number of hydrogen-bond donors (Lipinski definition) is 2. The lowest BCUT2D eigenvalue weighted by molar-refractivity contribution is 0.0243. The number of rotatable bonds is 6. The summed E-state index contributed by atoms with van der Waals surface area (Å²) in [5, 5.41) is 12.8. The van der Waals surface area contributed by atoms with Gasteiger partial charge in [-0.05, 0) is 47.7 Å². The number of carbonyl (C=O) groups is 1. The highest BCUT2D eigenvalue weighted by Gasteiger charge is 2.21. The molecule has 1 atom stereocenters. The molecule has 1 aromatic rings. The van der Waals surface area contributed by atoms with Crippen LogP contribution in [0.4, 0.5) is 0 Å². The Labute approximate surface area is 135 Å². The summed E-state index contributed by atoms with van der Waals surface area (Å²) < 4.78 is 6.65. The van der Waals surface area contributed by atoms with E-state index in [1.165, 1.54) is 0 Å². The molecule has 6 heteroatoms. The van der Waals surface area contributed by atoms with Crippen molar-refractivity contribution < 1.29 is 14.6 Å². The average molecular weight is 442 g/mol. The van der Waals surface area contributed by atoms with E-state index in [-0.39, 0.29) is 12.5 Å². The van der Waals surface area contributed by atoms with Gasteiger partial charge in [0.15, 0.2) is 0 Å². The molecule has 1 rings (SSSR count). The second-order valence-corrected chi connectivity index (χ2v) is 6.62. The molecule has 0 saturated carbocycles. The molecular weight excluding hydrogens is 425 g/mol. The molecule has 4 nitrogen and oxygen atoms in total. The van der Waals surface area contributed by atoms with E-state index in [4.69, 9.17) is 4.74 Å². The molecular formula is C13H17BrINO3. The first-order valence-electron chi connectivity index (χ1n) is 5.80. The molecule has 2 N–H and O–H groups in total. The summed E-state index contributed by atoms with van der Waals surface area (Å²) in [4.78, 5) is 12.1. The minimum Gasteiger partial charge on any atom is -0.388 e. The Morgan fingerprint density at radius 1 is 1.58 bits per heavy atom. The fourth-order valence-electron chi connectivity index (χ4n) is 1.45. The van der Waals surface area contributed by atoms with E-state index in [1.54, 1.807) is 20.1 Å². The van der Waals surface area contributed by atoms with Gasteiger partial charge in [0.1, 0.15) is 0 Å². The second-order valence-electron chi connectivity index (χ2n) is 4.55. The molecule has 0 aromatic heterocycles. The van der Waals surface area contributed by atoms with E-state index < -0.39 is 5.60 Å². The molecule has 0 saturated heterocycles. The maximum Gasteiger partial charge on any atom is 0.252 e. The maximum absolute atomic E-state index is 12.1. The van der Waals surface area contributed by atoms with Crippen LogP contribution in [-0.4, -0.2) is 36.9 Å². The van der Waals surface area contributed by atoms with E-state index >= 15 is 0 Å². The highest BCUT2D eigenvalue weighted by atomic mass is 127. The molecule has 106 valence electrons. The molecule has 0 aliphatic heterocycles. The summed E-state index contributed by atoms with van der Waals surface area (Å²) in [7, 11) is 1.58. The lowest BCUT2D eigenvalue weighted by Crippen LogP contribution is -2.41. The first-order chi connectivity index (χ1) is 8.85. The Morgan fingerprint density at radius 2 is 2.26 bits per heavy atom. The summed E-state index contributed by atoms with van der Waals surface area (Å²) >= 11 is 5.45. The number of hydrogen-bond acceptors (Lipinski definition) is 3. The van der Waals surface area contributed by atoms with Crippen LogP contribution in [-0.2, 0) is 4.74 Å². The first kappa shape index (κ1) is 16.9. The van der Waals surface area contributed by atoms with Crippen molar-refractivity contribution >= 4 is 44.4 Å². The van der Waals surface area contributed by atoms with Crippen molar-refractivity contribution in [1.29, 1.82) is 0 Å². The molecule has 1 unspecified atom stereocenters.